The number of ether oxygens (including phenoxy) is 1. The van der Waals surface area contributed by atoms with Crippen LogP contribution in [-0.2, 0) is 4.74 Å². The first kappa shape index (κ1) is 7.88. The van der Waals surface area contributed by atoms with E-state index in [0.29, 0.717) is 13.5 Å². The van der Waals surface area contributed by atoms with Crippen molar-refractivity contribution in [1.29, 1.82) is 0 Å². The molecule has 3 nitrogen and oxygen atoms in total. The molecule has 0 spiro atoms. The first-order valence-electron chi connectivity index (χ1n) is 2.85. The van der Waals surface area contributed by atoms with Crippen molar-refractivity contribution >= 4 is 0 Å². The van der Waals surface area contributed by atoms with Crippen LogP contribution in [0.4, 0.5) is 0 Å². The molecule has 0 aromatic carbocycles. The van der Waals surface area contributed by atoms with Crippen molar-refractivity contribution in [2.24, 2.45) is 0 Å². The second kappa shape index (κ2) is 6.88. The fourth-order valence-electron chi connectivity index (χ4n) is 0.327. The van der Waals surface area contributed by atoms with Crippen LogP contribution >= 0.6 is 0 Å². The van der Waals surface area contributed by atoms with Crippen molar-refractivity contribution in [3.63, 3.8) is 0 Å². The van der Waals surface area contributed by atoms with Crippen LogP contribution in [0.5, 0.6) is 0 Å². The fraction of sp³-hybridized carbons (Fsp3) is 1.00. The Labute approximate surface area is 50.4 Å². The smallest absolute Gasteiger partial charge is 0.0983 e. The molecule has 0 aromatic rings. The van der Waals surface area contributed by atoms with Crippen molar-refractivity contribution < 1.29 is 4.74 Å². The molecule has 0 amide bonds. The predicted octanol–water partition coefficient (Wildman–Crippen LogP) is -0.253. The van der Waals surface area contributed by atoms with Crippen LogP contribution in [0.1, 0.15) is 6.92 Å². The molecular weight excluding hydrogens is 104 g/mol. The van der Waals surface area contributed by atoms with Crippen molar-refractivity contribution in [2.45, 2.75) is 6.92 Å². The molecule has 0 bridgehead atoms. The zero-order valence-corrected chi connectivity index (χ0v) is 5.53. The van der Waals surface area contributed by atoms with Gasteiger partial charge in [0.05, 0.1) is 13.5 Å². The molecule has 50 valence electrons. The van der Waals surface area contributed by atoms with Gasteiger partial charge in [0, 0.05) is 0 Å². The van der Waals surface area contributed by atoms with Gasteiger partial charge in [0.25, 0.3) is 0 Å². The zero-order valence-electron chi connectivity index (χ0n) is 5.53. The first-order valence-corrected chi connectivity index (χ1v) is 2.85. The summed E-state index contributed by atoms with van der Waals surface area (Å²) >= 11 is 0. The van der Waals surface area contributed by atoms with Gasteiger partial charge in [-0.2, -0.15) is 0 Å². The molecule has 0 aliphatic rings. The van der Waals surface area contributed by atoms with E-state index in [1.807, 2.05) is 14.0 Å². The van der Waals surface area contributed by atoms with Gasteiger partial charge in [-0.1, -0.05) is 6.92 Å². The highest BCUT2D eigenvalue weighted by molar-refractivity contribution is 4.26. The van der Waals surface area contributed by atoms with Gasteiger partial charge in [-0.25, -0.2) is 0 Å². The summed E-state index contributed by atoms with van der Waals surface area (Å²) in [6.07, 6.45) is 0. The van der Waals surface area contributed by atoms with E-state index in [9.17, 15) is 0 Å². The second-order valence-electron chi connectivity index (χ2n) is 1.45. The molecule has 3 heteroatoms. The Bertz CT molecular complexity index is 35.4. The predicted molar refractivity (Wildman–Crippen MR) is 33.6 cm³/mol. The molecule has 0 unspecified atom stereocenters. The summed E-state index contributed by atoms with van der Waals surface area (Å²) in [7, 11) is 1.85. The van der Waals surface area contributed by atoms with E-state index in [1.165, 1.54) is 0 Å². The number of nitrogens with one attached hydrogen (secondary N) is 2. The van der Waals surface area contributed by atoms with Gasteiger partial charge in [-0.05, 0) is 13.6 Å². The molecular formula is C5H14N2O. The van der Waals surface area contributed by atoms with Crippen LogP contribution in [0.25, 0.3) is 0 Å². The molecule has 0 radical (unpaired) electrons. The third kappa shape index (κ3) is 5.88. The Morgan fingerprint density at radius 2 is 2.12 bits per heavy atom. The lowest BCUT2D eigenvalue weighted by molar-refractivity contribution is 0.106. The summed E-state index contributed by atoms with van der Waals surface area (Å²) in [6.45, 7) is 4.26. The van der Waals surface area contributed by atoms with Gasteiger partial charge in [0.2, 0.25) is 0 Å². The van der Waals surface area contributed by atoms with Gasteiger partial charge in [-0.15, -0.1) is 0 Å². The highest BCUT2D eigenvalue weighted by atomic mass is 16.5. The summed E-state index contributed by atoms with van der Waals surface area (Å²) in [4.78, 5) is 0. The molecule has 0 aromatic heterocycles. The highest BCUT2D eigenvalue weighted by Gasteiger charge is 1.78. The largest absolute Gasteiger partial charge is 0.351 e. The van der Waals surface area contributed by atoms with Crippen LogP contribution in [0.15, 0.2) is 0 Å². The third-order valence-corrected chi connectivity index (χ3v) is 0.701. The summed E-state index contributed by atoms with van der Waals surface area (Å²) in [6, 6.07) is 0. The lowest BCUT2D eigenvalue weighted by Crippen LogP contribution is -2.21. The van der Waals surface area contributed by atoms with Crippen molar-refractivity contribution in [2.75, 3.05) is 27.1 Å². The first-order chi connectivity index (χ1) is 3.91. The highest BCUT2D eigenvalue weighted by Crippen LogP contribution is 1.62. The maximum atomic E-state index is 5.00. The van der Waals surface area contributed by atoms with Crippen LogP contribution in [0.2, 0.25) is 0 Å². The van der Waals surface area contributed by atoms with E-state index in [0.717, 1.165) is 6.54 Å². The van der Waals surface area contributed by atoms with Gasteiger partial charge in [-0.3, -0.25) is 10.6 Å². The molecule has 8 heavy (non-hydrogen) atoms. The Kier molecular flexibility index (Phi) is 6.78. The maximum absolute atomic E-state index is 5.00. The quantitative estimate of drug-likeness (QED) is 0.385. The molecule has 0 heterocycles. The summed E-state index contributed by atoms with van der Waals surface area (Å²) in [5, 5.41) is 5.89. The van der Waals surface area contributed by atoms with Gasteiger partial charge in [0.1, 0.15) is 0 Å². The minimum atomic E-state index is 0.618. The molecule has 0 rings (SSSR count). The van der Waals surface area contributed by atoms with E-state index < -0.39 is 0 Å². The van der Waals surface area contributed by atoms with Crippen LogP contribution in [0, 0.1) is 0 Å². The number of rotatable bonds is 5. The monoisotopic (exact) mass is 118 g/mol. The minimum Gasteiger partial charge on any atom is -0.351 e. The molecule has 0 aliphatic carbocycles. The summed E-state index contributed by atoms with van der Waals surface area (Å²) < 4.78 is 5.00. The molecule has 2 N–H and O–H groups in total. The lowest BCUT2D eigenvalue weighted by Gasteiger charge is -2.01. The van der Waals surface area contributed by atoms with Gasteiger partial charge < -0.3 is 4.74 Å². The van der Waals surface area contributed by atoms with Gasteiger partial charge >= 0.3 is 0 Å². The van der Waals surface area contributed by atoms with E-state index in [2.05, 4.69) is 10.6 Å². The lowest BCUT2D eigenvalue weighted by atomic mass is 10.8. The molecule has 0 fully saturated rings. The number of hydrogen-bond donors (Lipinski definition) is 2. The fourth-order valence-corrected chi connectivity index (χ4v) is 0.327. The molecule has 0 saturated heterocycles. The van der Waals surface area contributed by atoms with E-state index in [-0.39, 0.29) is 0 Å². The van der Waals surface area contributed by atoms with Crippen molar-refractivity contribution in [3.8, 4) is 0 Å². The average molecular weight is 118 g/mol. The Balaban J connectivity index is 2.53. The van der Waals surface area contributed by atoms with E-state index >= 15 is 0 Å². The SMILES string of the molecule is CCNCOCNC. The third-order valence-electron chi connectivity index (χ3n) is 0.701. The average Bonchev–Trinajstić information content (AvgIpc) is 1.81. The summed E-state index contributed by atoms with van der Waals surface area (Å²) in [5.74, 6) is 0. The van der Waals surface area contributed by atoms with Crippen molar-refractivity contribution in [1.82, 2.24) is 10.6 Å². The maximum Gasteiger partial charge on any atom is 0.0983 e. The van der Waals surface area contributed by atoms with E-state index in [1.54, 1.807) is 0 Å². The molecule has 0 atom stereocenters. The minimum absolute atomic E-state index is 0.618. The normalized spacial score (nSPS) is 9.75. The Morgan fingerprint density at radius 3 is 2.62 bits per heavy atom. The topological polar surface area (TPSA) is 33.3 Å². The van der Waals surface area contributed by atoms with E-state index in [4.69, 9.17) is 4.74 Å². The van der Waals surface area contributed by atoms with Crippen LogP contribution < -0.4 is 10.6 Å². The van der Waals surface area contributed by atoms with Crippen molar-refractivity contribution in [3.05, 3.63) is 0 Å². The van der Waals surface area contributed by atoms with Gasteiger partial charge in [0.15, 0.2) is 0 Å². The standard InChI is InChI=1S/C5H14N2O/c1-3-7-5-8-4-6-2/h6-7H,3-5H2,1-2H3. The molecule has 0 saturated carbocycles. The Hall–Kier alpha value is -0.120. The van der Waals surface area contributed by atoms with Crippen LogP contribution in [-0.4, -0.2) is 27.1 Å². The number of hydrogen-bond acceptors (Lipinski definition) is 3. The molecule has 0 aliphatic heterocycles. The summed E-state index contributed by atoms with van der Waals surface area (Å²) in [5.41, 5.74) is 0. The van der Waals surface area contributed by atoms with Crippen LogP contribution in [0.3, 0.4) is 0 Å². The second-order valence-corrected chi connectivity index (χ2v) is 1.45. The zero-order chi connectivity index (χ0) is 6.24. The Morgan fingerprint density at radius 1 is 1.38 bits per heavy atom.